The summed E-state index contributed by atoms with van der Waals surface area (Å²) in [6.07, 6.45) is 6.69. The van der Waals surface area contributed by atoms with E-state index in [1.807, 2.05) is 17.9 Å². The molecule has 0 spiro atoms. The highest BCUT2D eigenvalue weighted by Gasteiger charge is 2.20. The van der Waals surface area contributed by atoms with E-state index in [2.05, 4.69) is 35.5 Å². The van der Waals surface area contributed by atoms with Gasteiger partial charge in [0.25, 0.3) is 0 Å². The van der Waals surface area contributed by atoms with Crippen molar-refractivity contribution in [3.05, 3.63) is 18.0 Å². The Bertz CT molecular complexity index is 328. The maximum absolute atomic E-state index is 4.23. The summed E-state index contributed by atoms with van der Waals surface area (Å²) in [7, 11) is 4.16. The first-order chi connectivity index (χ1) is 7.66. The summed E-state index contributed by atoms with van der Waals surface area (Å²) in [6, 6.07) is 1.11. The normalized spacial score (nSPS) is 22.9. The molecule has 0 amide bonds. The predicted molar refractivity (Wildman–Crippen MR) is 65.3 cm³/mol. The van der Waals surface area contributed by atoms with Crippen LogP contribution < -0.4 is 5.32 Å². The van der Waals surface area contributed by atoms with Crippen molar-refractivity contribution in [2.75, 3.05) is 20.1 Å². The highest BCUT2D eigenvalue weighted by atomic mass is 15.2. The molecule has 0 aromatic carbocycles. The number of rotatable bonds is 4. The molecule has 4 nitrogen and oxygen atoms in total. The monoisotopic (exact) mass is 222 g/mol. The Labute approximate surface area is 97.6 Å². The molecule has 2 heterocycles. The molecule has 2 unspecified atom stereocenters. The average molecular weight is 222 g/mol. The minimum absolute atomic E-state index is 0.441. The lowest BCUT2D eigenvalue weighted by atomic mass is 10.1. The first-order valence-electron chi connectivity index (χ1n) is 6.09. The van der Waals surface area contributed by atoms with Gasteiger partial charge in [0, 0.05) is 37.4 Å². The van der Waals surface area contributed by atoms with Crippen molar-refractivity contribution in [3.63, 3.8) is 0 Å². The van der Waals surface area contributed by atoms with Crippen molar-refractivity contribution < 1.29 is 0 Å². The van der Waals surface area contributed by atoms with E-state index >= 15 is 0 Å². The van der Waals surface area contributed by atoms with Crippen molar-refractivity contribution in [2.24, 2.45) is 7.05 Å². The van der Waals surface area contributed by atoms with Gasteiger partial charge in [0.1, 0.15) is 0 Å². The second-order valence-corrected chi connectivity index (χ2v) is 4.86. The van der Waals surface area contributed by atoms with E-state index in [9.17, 15) is 0 Å². The van der Waals surface area contributed by atoms with E-state index in [1.165, 1.54) is 24.9 Å². The number of nitrogens with one attached hydrogen (secondary N) is 1. The van der Waals surface area contributed by atoms with Crippen LogP contribution in [0, 0.1) is 0 Å². The van der Waals surface area contributed by atoms with Gasteiger partial charge >= 0.3 is 0 Å². The molecule has 2 atom stereocenters. The Morgan fingerprint density at radius 2 is 2.50 bits per heavy atom. The van der Waals surface area contributed by atoms with Crippen LogP contribution in [0.3, 0.4) is 0 Å². The summed E-state index contributed by atoms with van der Waals surface area (Å²) < 4.78 is 1.87. The van der Waals surface area contributed by atoms with Crippen molar-refractivity contribution in [1.29, 1.82) is 0 Å². The summed E-state index contributed by atoms with van der Waals surface area (Å²) in [5.74, 6) is 0. The van der Waals surface area contributed by atoms with Gasteiger partial charge in [-0.25, -0.2) is 0 Å². The van der Waals surface area contributed by atoms with Gasteiger partial charge in [-0.15, -0.1) is 0 Å². The van der Waals surface area contributed by atoms with Crippen LogP contribution in [0.1, 0.15) is 31.4 Å². The van der Waals surface area contributed by atoms with Gasteiger partial charge in [-0.1, -0.05) is 0 Å². The fourth-order valence-corrected chi connectivity index (χ4v) is 2.33. The predicted octanol–water partition coefficient (Wildman–Crippen LogP) is 1.16. The smallest absolute Gasteiger partial charge is 0.0537 e. The fraction of sp³-hybridized carbons (Fsp3) is 0.750. The second kappa shape index (κ2) is 4.97. The van der Waals surface area contributed by atoms with Gasteiger partial charge in [0.2, 0.25) is 0 Å². The van der Waals surface area contributed by atoms with Gasteiger partial charge in [-0.05, 0) is 33.4 Å². The number of nitrogens with zero attached hydrogens (tertiary/aromatic N) is 3. The van der Waals surface area contributed by atoms with Crippen LogP contribution in [0.25, 0.3) is 0 Å². The quantitative estimate of drug-likeness (QED) is 0.830. The largest absolute Gasteiger partial charge is 0.313 e. The first kappa shape index (κ1) is 11.6. The summed E-state index contributed by atoms with van der Waals surface area (Å²) >= 11 is 0. The van der Waals surface area contributed by atoms with Gasteiger partial charge in [-0.2, -0.15) is 5.10 Å². The molecular weight excluding hydrogens is 200 g/mol. The zero-order valence-corrected chi connectivity index (χ0v) is 10.5. The number of aryl methyl sites for hydroxylation is 1. The molecule has 2 rings (SSSR count). The van der Waals surface area contributed by atoms with Gasteiger partial charge in [0.05, 0.1) is 6.20 Å². The highest BCUT2D eigenvalue weighted by Crippen LogP contribution is 2.19. The lowest BCUT2D eigenvalue weighted by Crippen LogP contribution is -2.36. The first-order valence-corrected chi connectivity index (χ1v) is 6.09. The summed E-state index contributed by atoms with van der Waals surface area (Å²) in [6.45, 7) is 4.54. The maximum atomic E-state index is 4.23. The number of aromatic nitrogens is 2. The van der Waals surface area contributed by atoms with E-state index in [0.717, 1.165) is 6.54 Å². The van der Waals surface area contributed by atoms with E-state index in [1.54, 1.807) is 0 Å². The van der Waals surface area contributed by atoms with Crippen LogP contribution in [-0.4, -0.2) is 40.9 Å². The SMILES string of the molecule is CC(c1cnn(C)c1)N(C)CC1CCCN1. The summed E-state index contributed by atoms with van der Waals surface area (Å²) in [4.78, 5) is 2.40. The minimum atomic E-state index is 0.441. The number of likely N-dealkylation sites (N-methyl/N-ethyl adjacent to an activating group) is 1. The molecule has 1 fully saturated rings. The Kier molecular flexibility index (Phi) is 3.61. The second-order valence-electron chi connectivity index (χ2n) is 4.86. The lowest BCUT2D eigenvalue weighted by Gasteiger charge is -2.26. The summed E-state index contributed by atoms with van der Waals surface area (Å²) in [5.41, 5.74) is 1.29. The topological polar surface area (TPSA) is 33.1 Å². The van der Waals surface area contributed by atoms with E-state index in [-0.39, 0.29) is 0 Å². The van der Waals surface area contributed by atoms with Gasteiger partial charge in [0.15, 0.2) is 0 Å². The maximum Gasteiger partial charge on any atom is 0.0537 e. The van der Waals surface area contributed by atoms with E-state index < -0.39 is 0 Å². The van der Waals surface area contributed by atoms with Crippen molar-refractivity contribution >= 4 is 0 Å². The van der Waals surface area contributed by atoms with Crippen LogP contribution in [0.15, 0.2) is 12.4 Å². The molecule has 1 aromatic rings. The third kappa shape index (κ3) is 2.62. The molecule has 1 aromatic heterocycles. The third-order valence-corrected chi connectivity index (χ3v) is 3.54. The number of hydrogen-bond donors (Lipinski definition) is 1. The molecule has 0 aliphatic carbocycles. The van der Waals surface area contributed by atoms with Crippen LogP contribution in [0.5, 0.6) is 0 Å². The molecule has 1 N–H and O–H groups in total. The van der Waals surface area contributed by atoms with Gasteiger partial charge in [-0.3, -0.25) is 9.58 Å². The fourth-order valence-electron chi connectivity index (χ4n) is 2.33. The Balaban J connectivity index is 1.90. The molecular formula is C12H22N4. The zero-order chi connectivity index (χ0) is 11.5. The van der Waals surface area contributed by atoms with E-state index in [4.69, 9.17) is 0 Å². The molecule has 1 aliphatic heterocycles. The lowest BCUT2D eigenvalue weighted by molar-refractivity contribution is 0.238. The molecule has 4 heteroatoms. The molecule has 16 heavy (non-hydrogen) atoms. The van der Waals surface area contributed by atoms with E-state index in [0.29, 0.717) is 12.1 Å². The summed E-state index contributed by atoms with van der Waals surface area (Å²) in [5, 5.41) is 7.76. The van der Waals surface area contributed by atoms with Crippen molar-refractivity contribution in [2.45, 2.75) is 31.8 Å². The Morgan fingerprint density at radius 3 is 3.06 bits per heavy atom. The average Bonchev–Trinajstić information content (AvgIpc) is 2.88. The molecule has 0 radical (unpaired) electrons. The minimum Gasteiger partial charge on any atom is -0.313 e. The van der Waals surface area contributed by atoms with Gasteiger partial charge < -0.3 is 5.32 Å². The zero-order valence-electron chi connectivity index (χ0n) is 10.5. The molecule has 0 saturated carbocycles. The molecule has 0 bridgehead atoms. The van der Waals surface area contributed by atoms with Crippen molar-refractivity contribution in [1.82, 2.24) is 20.0 Å². The van der Waals surface area contributed by atoms with Crippen LogP contribution >= 0.6 is 0 Å². The highest BCUT2D eigenvalue weighted by molar-refractivity contribution is 5.09. The standard InChI is InChI=1S/C12H22N4/c1-10(11-7-14-16(3)8-11)15(2)9-12-5-4-6-13-12/h7-8,10,12-13H,4-6,9H2,1-3H3. The Morgan fingerprint density at radius 1 is 1.69 bits per heavy atom. The molecule has 1 saturated heterocycles. The Hall–Kier alpha value is -0.870. The van der Waals surface area contributed by atoms with Crippen molar-refractivity contribution in [3.8, 4) is 0 Å². The third-order valence-electron chi connectivity index (χ3n) is 3.54. The van der Waals surface area contributed by atoms with Crippen LogP contribution in [0.4, 0.5) is 0 Å². The van der Waals surface area contributed by atoms with Crippen LogP contribution in [0.2, 0.25) is 0 Å². The molecule has 1 aliphatic rings. The number of hydrogen-bond acceptors (Lipinski definition) is 3. The van der Waals surface area contributed by atoms with Crippen LogP contribution in [-0.2, 0) is 7.05 Å². The molecule has 90 valence electrons.